The summed E-state index contributed by atoms with van der Waals surface area (Å²) in [6.07, 6.45) is 0. The fourth-order valence-corrected chi connectivity index (χ4v) is 5.61. The zero-order valence-electron chi connectivity index (χ0n) is 23.0. The smallest absolute Gasteiger partial charge is 0.264 e. The second-order valence-corrected chi connectivity index (χ2v) is 12.4. The van der Waals surface area contributed by atoms with Crippen LogP contribution < -0.4 is 9.62 Å². The SMILES string of the molecule is CC(C)NC(=O)[C@@H](C)N(Cc1ccc(Cl)cc1)C(=O)CN(c1ccc(C(C)C)cc1)S(=O)(=O)c1ccccc1. The van der Waals surface area contributed by atoms with Gasteiger partial charge in [-0.15, -0.1) is 0 Å². The minimum atomic E-state index is -4.09. The van der Waals surface area contributed by atoms with Crippen LogP contribution in [0.1, 0.15) is 51.7 Å². The van der Waals surface area contributed by atoms with Crippen LogP contribution >= 0.6 is 11.6 Å². The lowest BCUT2D eigenvalue weighted by Crippen LogP contribution is -2.52. The van der Waals surface area contributed by atoms with Crippen molar-refractivity contribution >= 4 is 39.1 Å². The molecule has 3 aromatic carbocycles. The predicted molar refractivity (Wildman–Crippen MR) is 156 cm³/mol. The molecule has 7 nitrogen and oxygen atoms in total. The lowest BCUT2D eigenvalue weighted by molar-refractivity contribution is -0.139. The van der Waals surface area contributed by atoms with Crippen LogP contribution in [0.4, 0.5) is 5.69 Å². The number of halogens is 1. The molecule has 9 heteroatoms. The zero-order valence-corrected chi connectivity index (χ0v) is 24.5. The van der Waals surface area contributed by atoms with Crippen molar-refractivity contribution in [2.24, 2.45) is 0 Å². The molecule has 0 fully saturated rings. The van der Waals surface area contributed by atoms with Crippen molar-refractivity contribution in [1.82, 2.24) is 10.2 Å². The van der Waals surface area contributed by atoms with Crippen LogP contribution in [0.3, 0.4) is 0 Å². The van der Waals surface area contributed by atoms with Crippen LogP contribution in [0.15, 0.2) is 83.8 Å². The average Bonchev–Trinajstić information content (AvgIpc) is 2.91. The number of hydrogen-bond acceptors (Lipinski definition) is 4. The summed E-state index contributed by atoms with van der Waals surface area (Å²) in [5.74, 6) is -0.579. The first-order valence-corrected chi connectivity index (χ1v) is 14.7. The summed E-state index contributed by atoms with van der Waals surface area (Å²) in [7, 11) is -4.09. The Labute approximate surface area is 236 Å². The topological polar surface area (TPSA) is 86.8 Å². The maximum atomic E-state index is 13.9. The first-order valence-electron chi connectivity index (χ1n) is 12.9. The third-order valence-electron chi connectivity index (χ3n) is 6.32. The van der Waals surface area contributed by atoms with Gasteiger partial charge in [0.2, 0.25) is 11.8 Å². The first-order chi connectivity index (χ1) is 18.4. The van der Waals surface area contributed by atoms with Gasteiger partial charge in [-0.1, -0.05) is 67.9 Å². The van der Waals surface area contributed by atoms with Gasteiger partial charge in [0.1, 0.15) is 12.6 Å². The Morgan fingerprint density at radius 3 is 1.97 bits per heavy atom. The van der Waals surface area contributed by atoms with E-state index in [1.54, 1.807) is 61.5 Å². The molecule has 0 aromatic heterocycles. The molecule has 1 atom stereocenters. The van der Waals surface area contributed by atoms with Crippen LogP contribution in [0.5, 0.6) is 0 Å². The summed E-state index contributed by atoms with van der Waals surface area (Å²) in [4.78, 5) is 28.3. The predicted octanol–water partition coefficient (Wildman–Crippen LogP) is 5.60. The van der Waals surface area contributed by atoms with Gasteiger partial charge in [0, 0.05) is 17.6 Å². The molecule has 0 bridgehead atoms. The summed E-state index contributed by atoms with van der Waals surface area (Å²) >= 11 is 6.04. The van der Waals surface area contributed by atoms with E-state index < -0.39 is 28.5 Å². The molecule has 0 radical (unpaired) electrons. The lowest BCUT2D eigenvalue weighted by Gasteiger charge is -2.32. The minimum Gasteiger partial charge on any atom is -0.352 e. The van der Waals surface area contributed by atoms with Gasteiger partial charge in [-0.2, -0.15) is 0 Å². The number of amides is 2. The van der Waals surface area contributed by atoms with E-state index in [0.29, 0.717) is 10.7 Å². The molecule has 0 saturated heterocycles. The van der Waals surface area contributed by atoms with Gasteiger partial charge < -0.3 is 10.2 Å². The molecule has 0 unspecified atom stereocenters. The quantitative estimate of drug-likeness (QED) is 0.326. The van der Waals surface area contributed by atoms with Gasteiger partial charge in [-0.05, 0) is 74.2 Å². The lowest BCUT2D eigenvalue weighted by atomic mass is 10.0. The Hall–Kier alpha value is -3.36. The van der Waals surface area contributed by atoms with E-state index in [4.69, 9.17) is 11.6 Å². The summed E-state index contributed by atoms with van der Waals surface area (Å²) in [6.45, 7) is 9.04. The summed E-state index contributed by atoms with van der Waals surface area (Å²) in [6, 6.07) is 21.2. The van der Waals surface area contributed by atoms with E-state index in [-0.39, 0.29) is 29.3 Å². The third kappa shape index (κ3) is 7.83. The number of sulfonamides is 1. The van der Waals surface area contributed by atoms with Crippen molar-refractivity contribution in [2.75, 3.05) is 10.8 Å². The van der Waals surface area contributed by atoms with E-state index in [1.165, 1.54) is 17.0 Å². The molecule has 39 heavy (non-hydrogen) atoms. The van der Waals surface area contributed by atoms with Gasteiger partial charge in [-0.25, -0.2) is 8.42 Å². The number of nitrogens with zero attached hydrogens (tertiary/aromatic N) is 2. The number of anilines is 1. The third-order valence-corrected chi connectivity index (χ3v) is 8.36. The van der Waals surface area contributed by atoms with Crippen LogP contribution in [-0.2, 0) is 26.2 Å². The number of hydrogen-bond donors (Lipinski definition) is 1. The molecule has 0 aliphatic heterocycles. The number of rotatable bonds is 11. The zero-order chi connectivity index (χ0) is 28.7. The van der Waals surface area contributed by atoms with E-state index in [1.807, 2.05) is 26.0 Å². The van der Waals surface area contributed by atoms with Crippen molar-refractivity contribution in [3.8, 4) is 0 Å². The summed E-state index contributed by atoms with van der Waals surface area (Å²) in [5, 5.41) is 3.39. The monoisotopic (exact) mass is 569 g/mol. The molecule has 1 N–H and O–H groups in total. The van der Waals surface area contributed by atoms with Gasteiger partial charge in [0.25, 0.3) is 10.0 Å². The molecule has 3 aromatic rings. The molecular formula is C30H36ClN3O4S. The molecule has 0 aliphatic rings. The van der Waals surface area contributed by atoms with Crippen LogP contribution in [0.2, 0.25) is 5.02 Å². The van der Waals surface area contributed by atoms with E-state index >= 15 is 0 Å². The standard InChI is InChI=1S/C30H36ClN3O4S/c1-21(2)25-13-17-27(18-14-25)34(39(37,38)28-9-7-6-8-10-28)20-29(35)33(23(5)30(36)32-22(3)4)19-24-11-15-26(31)16-12-24/h6-18,21-23H,19-20H2,1-5H3,(H,32,36)/t23-/m1/s1. The molecule has 0 saturated carbocycles. The fraction of sp³-hybridized carbons (Fsp3) is 0.333. The number of benzene rings is 3. The Balaban J connectivity index is 2.02. The largest absolute Gasteiger partial charge is 0.352 e. The van der Waals surface area contributed by atoms with Gasteiger partial charge >= 0.3 is 0 Å². The first kappa shape index (κ1) is 30.2. The fourth-order valence-electron chi connectivity index (χ4n) is 4.05. The number of carbonyl (C=O) groups excluding carboxylic acids is 2. The second kappa shape index (κ2) is 13.1. The summed E-state index contributed by atoms with van der Waals surface area (Å²) in [5.41, 5.74) is 2.17. The van der Waals surface area contributed by atoms with Crippen LogP contribution in [-0.4, -0.2) is 43.8 Å². The Morgan fingerprint density at radius 1 is 0.846 bits per heavy atom. The Morgan fingerprint density at radius 2 is 1.44 bits per heavy atom. The molecular weight excluding hydrogens is 534 g/mol. The van der Waals surface area contributed by atoms with Gasteiger partial charge in [0.05, 0.1) is 10.6 Å². The van der Waals surface area contributed by atoms with Crippen molar-refractivity contribution in [3.05, 3.63) is 95.0 Å². The Kier molecular flexibility index (Phi) is 10.2. The van der Waals surface area contributed by atoms with E-state index in [0.717, 1.165) is 15.4 Å². The van der Waals surface area contributed by atoms with Crippen LogP contribution in [0.25, 0.3) is 0 Å². The highest BCUT2D eigenvalue weighted by molar-refractivity contribution is 7.92. The number of carbonyl (C=O) groups is 2. The van der Waals surface area contributed by atoms with Gasteiger partial charge in [0.15, 0.2) is 0 Å². The van der Waals surface area contributed by atoms with Crippen molar-refractivity contribution < 1.29 is 18.0 Å². The molecule has 0 heterocycles. The van der Waals surface area contributed by atoms with E-state index in [2.05, 4.69) is 19.2 Å². The molecule has 3 rings (SSSR count). The van der Waals surface area contributed by atoms with Crippen molar-refractivity contribution in [1.29, 1.82) is 0 Å². The normalized spacial score (nSPS) is 12.3. The van der Waals surface area contributed by atoms with Crippen molar-refractivity contribution in [2.45, 2.75) is 64.1 Å². The highest BCUT2D eigenvalue weighted by Crippen LogP contribution is 2.26. The highest BCUT2D eigenvalue weighted by Gasteiger charge is 2.32. The number of nitrogens with one attached hydrogen (secondary N) is 1. The van der Waals surface area contributed by atoms with Crippen LogP contribution in [0, 0.1) is 0 Å². The average molecular weight is 570 g/mol. The minimum absolute atomic E-state index is 0.0700. The maximum absolute atomic E-state index is 13.9. The van der Waals surface area contributed by atoms with Crippen molar-refractivity contribution in [3.63, 3.8) is 0 Å². The highest BCUT2D eigenvalue weighted by atomic mass is 35.5. The van der Waals surface area contributed by atoms with Gasteiger partial charge in [-0.3, -0.25) is 13.9 Å². The molecule has 0 aliphatic carbocycles. The summed E-state index contributed by atoms with van der Waals surface area (Å²) < 4.78 is 28.7. The molecule has 208 valence electrons. The molecule has 2 amide bonds. The Bertz CT molecular complexity index is 1360. The second-order valence-electron chi connectivity index (χ2n) is 10.1. The van der Waals surface area contributed by atoms with E-state index in [9.17, 15) is 18.0 Å². The maximum Gasteiger partial charge on any atom is 0.264 e. The molecule has 0 spiro atoms.